The van der Waals surface area contributed by atoms with Crippen molar-refractivity contribution >= 4 is 0 Å². The molecule has 3 fully saturated rings. The van der Waals surface area contributed by atoms with Crippen LogP contribution in [-0.4, -0.2) is 134 Å². The van der Waals surface area contributed by atoms with Gasteiger partial charge in [0.1, 0.15) is 54.9 Å². The molecule has 28 heavy (non-hydrogen) atoms. The van der Waals surface area contributed by atoms with Crippen LogP contribution in [0.3, 0.4) is 0 Å². The zero-order valence-corrected chi connectivity index (χ0v) is 14.7. The fourth-order valence-electron chi connectivity index (χ4n) is 3.22. The molecule has 3 rings (SSSR count). The summed E-state index contributed by atoms with van der Waals surface area (Å²) in [5.74, 6) is 0. The molecule has 0 radical (unpaired) electrons. The molecule has 3 heterocycles. The largest absolute Gasteiger partial charge is 0.388 e. The third kappa shape index (κ3) is 4.46. The minimum atomic E-state index is -1.65. The highest BCUT2D eigenvalue weighted by Crippen LogP contribution is 2.27. The van der Waals surface area contributed by atoms with E-state index in [1.165, 1.54) is 0 Å². The van der Waals surface area contributed by atoms with Crippen molar-refractivity contribution in [2.45, 2.75) is 73.8 Å². The molecule has 0 unspecified atom stereocenters. The fraction of sp³-hybridized carbons (Fsp3) is 1.00. The van der Waals surface area contributed by atoms with Gasteiger partial charge in [-0.3, -0.25) is 0 Å². The van der Waals surface area contributed by atoms with E-state index in [1.54, 1.807) is 0 Å². The van der Waals surface area contributed by atoms with Crippen LogP contribution in [0.1, 0.15) is 0 Å². The van der Waals surface area contributed by atoms with Crippen LogP contribution in [0, 0.1) is 0 Å². The smallest absolute Gasteiger partial charge is 0.186 e. The second-order valence-electron chi connectivity index (χ2n) is 6.99. The van der Waals surface area contributed by atoms with Crippen LogP contribution in [-0.2, 0) is 23.7 Å². The van der Waals surface area contributed by atoms with Gasteiger partial charge >= 0.3 is 0 Å². The summed E-state index contributed by atoms with van der Waals surface area (Å²) >= 11 is 0. The van der Waals surface area contributed by atoms with Gasteiger partial charge in [-0.05, 0) is 0 Å². The van der Waals surface area contributed by atoms with Gasteiger partial charge in [0, 0.05) is 0 Å². The molecule has 0 spiro atoms. The molecule has 3 saturated heterocycles. The Kier molecular flexibility index (Phi) is 7.20. The van der Waals surface area contributed by atoms with Crippen molar-refractivity contribution in [1.82, 2.24) is 0 Å². The first-order valence-corrected chi connectivity index (χ1v) is 8.81. The van der Waals surface area contributed by atoms with E-state index in [4.69, 9.17) is 23.7 Å². The Morgan fingerprint density at radius 3 is 1.57 bits per heavy atom. The van der Waals surface area contributed by atoms with E-state index in [2.05, 4.69) is 0 Å². The lowest BCUT2D eigenvalue weighted by Crippen LogP contribution is -2.62. The number of aliphatic hydroxyl groups excluding tert-OH is 8. The topological polar surface area (TPSA) is 208 Å². The SMILES string of the molecule is O[C@@H]1[C@H](O[C@@H]2OC[C@@H](O)[C@@H](O[C@@H]3OC[C@@H](O)[C@@H](O)[C@H]3O)[C@H]2O)[C@H](O)CO[C@H]1O. The summed E-state index contributed by atoms with van der Waals surface area (Å²) < 4.78 is 25.8. The fourth-order valence-corrected chi connectivity index (χ4v) is 3.22. The summed E-state index contributed by atoms with van der Waals surface area (Å²) in [6, 6.07) is 0. The lowest BCUT2D eigenvalue weighted by atomic mass is 10.0. The second kappa shape index (κ2) is 9.09. The van der Waals surface area contributed by atoms with Gasteiger partial charge in [-0.25, -0.2) is 0 Å². The molecule has 0 aromatic carbocycles. The highest BCUT2D eigenvalue weighted by molar-refractivity contribution is 4.90. The molecule has 164 valence electrons. The maximum atomic E-state index is 10.5. The minimum absolute atomic E-state index is 0.323. The number of rotatable bonds is 4. The van der Waals surface area contributed by atoms with E-state index < -0.39 is 73.8 Å². The second-order valence-corrected chi connectivity index (χ2v) is 6.99. The summed E-state index contributed by atoms with van der Waals surface area (Å²) in [4.78, 5) is 0. The number of ether oxygens (including phenoxy) is 5. The van der Waals surface area contributed by atoms with Crippen molar-refractivity contribution < 1.29 is 64.5 Å². The molecular formula is C15H26O13. The molecule has 3 aliphatic heterocycles. The standard InChI is InChI=1S/C15H26O13/c16-4-1-25-14(8(20)7(4)19)28-12-6(18)3-26-15(10(12)22)27-11-5(17)2-24-13(23)9(11)21/h4-23H,1-3H2/t4-,5-,6-,7-,8-,9-,10-,11-,12-,13-,14+,15+/m1/s1. The molecule has 0 aromatic rings. The van der Waals surface area contributed by atoms with Gasteiger partial charge in [0.25, 0.3) is 0 Å². The van der Waals surface area contributed by atoms with Gasteiger partial charge in [-0.15, -0.1) is 0 Å². The first-order chi connectivity index (χ1) is 13.2. The van der Waals surface area contributed by atoms with E-state index >= 15 is 0 Å². The Morgan fingerprint density at radius 1 is 0.500 bits per heavy atom. The molecule has 8 N–H and O–H groups in total. The Labute approximate surface area is 159 Å². The third-order valence-corrected chi connectivity index (χ3v) is 4.91. The van der Waals surface area contributed by atoms with Crippen molar-refractivity contribution in [2.75, 3.05) is 19.8 Å². The average Bonchev–Trinajstić information content (AvgIpc) is 2.66. The predicted molar refractivity (Wildman–Crippen MR) is 83.2 cm³/mol. The van der Waals surface area contributed by atoms with Crippen LogP contribution in [0.25, 0.3) is 0 Å². The molecule has 0 amide bonds. The quantitative estimate of drug-likeness (QED) is 0.216. The monoisotopic (exact) mass is 414 g/mol. The van der Waals surface area contributed by atoms with Crippen molar-refractivity contribution in [2.24, 2.45) is 0 Å². The summed E-state index contributed by atoms with van der Waals surface area (Å²) in [5, 5.41) is 79.0. The van der Waals surface area contributed by atoms with Crippen LogP contribution in [0.4, 0.5) is 0 Å². The molecule has 0 bridgehead atoms. The molecule has 3 aliphatic rings. The van der Waals surface area contributed by atoms with Gasteiger partial charge < -0.3 is 64.5 Å². The number of aliphatic hydroxyl groups is 8. The summed E-state index contributed by atoms with van der Waals surface area (Å²) in [6.07, 6.45) is -17.7. The molecule has 0 aliphatic carbocycles. The van der Waals surface area contributed by atoms with Crippen LogP contribution in [0.2, 0.25) is 0 Å². The molecule has 13 heteroatoms. The number of hydrogen-bond donors (Lipinski definition) is 8. The number of hydrogen-bond acceptors (Lipinski definition) is 13. The van der Waals surface area contributed by atoms with Gasteiger partial charge in [0.2, 0.25) is 0 Å². The Bertz CT molecular complexity index is 508. The van der Waals surface area contributed by atoms with E-state index in [9.17, 15) is 40.9 Å². The van der Waals surface area contributed by atoms with E-state index in [-0.39, 0.29) is 19.8 Å². The molecule has 0 aromatic heterocycles. The average molecular weight is 414 g/mol. The highest BCUT2D eigenvalue weighted by atomic mass is 16.7. The first kappa shape index (κ1) is 22.2. The van der Waals surface area contributed by atoms with Crippen LogP contribution < -0.4 is 0 Å². The molecule has 13 nitrogen and oxygen atoms in total. The first-order valence-electron chi connectivity index (χ1n) is 8.81. The summed E-state index contributed by atoms with van der Waals surface area (Å²) in [5.41, 5.74) is 0. The Morgan fingerprint density at radius 2 is 0.964 bits per heavy atom. The highest BCUT2D eigenvalue weighted by Gasteiger charge is 2.48. The lowest BCUT2D eigenvalue weighted by molar-refractivity contribution is -0.354. The van der Waals surface area contributed by atoms with Gasteiger partial charge in [-0.1, -0.05) is 0 Å². The third-order valence-electron chi connectivity index (χ3n) is 4.91. The van der Waals surface area contributed by atoms with Crippen molar-refractivity contribution in [3.8, 4) is 0 Å². The molecule has 0 saturated carbocycles. The van der Waals surface area contributed by atoms with E-state index in [0.717, 1.165) is 0 Å². The van der Waals surface area contributed by atoms with Crippen molar-refractivity contribution in [1.29, 1.82) is 0 Å². The van der Waals surface area contributed by atoms with Gasteiger partial charge in [-0.2, -0.15) is 0 Å². The molecule has 12 atom stereocenters. The normalized spacial score (nSPS) is 53.1. The zero-order chi connectivity index (χ0) is 20.6. The Balaban J connectivity index is 1.64. The van der Waals surface area contributed by atoms with Crippen molar-refractivity contribution in [3.05, 3.63) is 0 Å². The van der Waals surface area contributed by atoms with Gasteiger partial charge in [0.15, 0.2) is 18.9 Å². The van der Waals surface area contributed by atoms with E-state index in [0.29, 0.717) is 0 Å². The van der Waals surface area contributed by atoms with Crippen LogP contribution in [0.5, 0.6) is 0 Å². The molecular weight excluding hydrogens is 388 g/mol. The van der Waals surface area contributed by atoms with Crippen LogP contribution >= 0.6 is 0 Å². The zero-order valence-electron chi connectivity index (χ0n) is 14.7. The Hall–Kier alpha value is -0.520. The van der Waals surface area contributed by atoms with E-state index in [1.807, 2.05) is 0 Å². The van der Waals surface area contributed by atoms with Crippen molar-refractivity contribution in [3.63, 3.8) is 0 Å². The maximum Gasteiger partial charge on any atom is 0.186 e. The minimum Gasteiger partial charge on any atom is -0.388 e. The van der Waals surface area contributed by atoms with Crippen LogP contribution in [0.15, 0.2) is 0 Å². The summed E-state index contributed by atoms with van der Waals surface area (Å²) in [7, 11) is 0. The predicted octanol–water partition coefficient (Wildman–Crippen LogP) is -5.66. The summed E-state index contributed by atoms with van der Waals surface area (Å²) in [6.45, 7) is -1.02. The van der Waals surface area contributed by atoms with Gasteiger partial charge in [0.05, 0.1) is 19.8 Å². The lowest BCUT2D eigenvalue weighted by Gasteiger charge is -2.44. The maximum absolute atomic E-state index is 10.5.